The summed E-state index contributed by atoms with van der Waals surface area (Å²) in [5, 5.41) is 0. The van der Waals surface area contributed by atoms with Gasteiger partial charge in [-0.3, -0.25) is 9.97 Å². The Labute approximate surface area is 124 Å². The Kier molecular flexibility index (Phi) is 3.98. The number of hydrogen-bond acceptors (Lipinski definition) is 4. The van der Waals surface area contributed by atoms with Gasteiger partial charge in [-0.1, -0.05) is 6.07 Å². The lowest BCUT2D eigenvalue weighted by Gasteiger charge is -2.16. The predicted octanol–water partition coefficient (Wildman–Crippen LogP) is 1.73. The maximum Gasteiger partial charge on any atom is 0.244 e. The summed E-state index contributed by atoms with van der Waals surface area (Å²) in [6.07, 6.45) is 8.33. The smallest absolute Gasteiger partial charge is 0.244 e. The Morgan fingerprint density at radius 3 is 2.57 bits per heavy atom. The first-order chi connectivity index (χ1) is 10.2. The second-order valence-electron chi connectivity index (χ2n) is 5.27. The second-order valence-corrected chi connectivity index (χ2v) is 7.21. The van der Waals surface area contributed by atoms with Gasteiger partial charge < -0.3 is 0 Å². The molecule has 0 spiro atoms. The Morgan fingerprint density at radius 2 is 1.90 bits per heavy atom. The van der Waals surface area contributed by atoms with Crippen LogP contribution in [0, 0.1) is 5.92 Å². The van der Waals surface area contributed by atoms with E-state index in [1.807, 2.05) is 18.3 Å². The van der Waals surface area contributed by atoms with Crippen LogP contribution < -0.4 is 0 Å². The zero-order valence-electron chi connectivity index (χ0n) is 11.6. The molecule has 21 heavy (non-hydrogen) atoms. The fraction of sp³-hybridized carbons (Fsp3) is 0.333. The van der Waals surface area contributed by atoms with Crippen molar-refractivity contribution in [1.29, 1.82) is 0 Å². The molecule has 5 nitrogen and oxygen atoms in total. The second kappa shape index (κ2) is 5.91. The molecule has 1 unspecified atom stereocenters. The molecule has 1 saturated heterocycles. The van der Waals surface area contributed by atoms with Crippen LogP contribution in [0.25, 0.3) is 0 Å². The van der Waals surface area contributed by atoms with Crippen molar-refractivity contribution < 1.29 is 8.42 Å². The topological polar surface area (TPSA) is 63.2 Å². The number of hydrogen-bond donors (Lipinski definition) is 0. The number of pyridine rings is 2. The lowest BCUT2D eigenvalue weighted by atomic mass is 10.0. The van der Waals surface area contributed by atoms with Gasteiger partial charge in [0.1, 0.15) is 4.90 Å². The third kappa shape index (κ3) is 3.11. The summed E-state index contributed by atoms with van der Waals surface area (Å²) in [6.45, 7) is 1.13. The van der Waals surface area contributed by atoms with E-state index >= 15 is 0 Å². The molecule has 1 aliphatic rings. The highest BCUT2D eigenvalue weighted by Crippen LogP contribution is 2.26. The van der Waals surface area contributed by atoms with E-state index in [2.05, 4.69) is 9.97 Å². The molecule has 3 heterocycles. The SMILES string of the molecule is O=S(=O)(c1cccnc1)N1CCC(Cc2cccnc2)C1. The summed E-state index contributed by atoms with van der Waals surface area (Å²) in [4.78, 5) is 8.27. The predicted molar refractivity (Wildman–Crippen MR) is 79.0 cm³/mol. The van der Waals surface area contributed by atoms with Crippen LogP contribution in [0.4, 0.5) is 0 Å². The zero-order valence-corrected chi connectivity index (χ0v) is 12.4. The van der Waals surface area contributed by atoms with E-state index in [9.17, 15) is 8.42 Å². The molecule has 0 amide bonds. The monoisotopic (exact) mass is 303 g/mol. The molecule has 0 aromatic carbocycles. The van der Waals surface area contributed by atoms with E-state index in [-0.39, 0.29) is 4.90 Å². The molecule has 0 N–H and O–H groups in total. The third-order valence-electron chi connectivity index (χ3n) is 3.77. The van der Waals surface area contributed by atoms with Gasteiger partial charge in [0.25, 0.3) is 0 Å². The van der Waals surface area contributed by atoms with Crippen LogP contribution in [-0.2, 0) is 16.4 Å². The summed E-state index contributed by atoms with van der Waals surface area (Å²) >= 11 is 0. The van der Waals surface area contributed by atoms with Gasteiger partial charge in [0.05, 0.1) is 0 Å². The molecular weight excluding hydrogens is 286 g/mol. The Balaban J connectivity index is 1.70. The lowest BCUT2D eigenvalue weighted by Crippen LogP contribution is -2.29. The van der Waals surface area contributed by atoms with Crippen molar-refractivity contribution >= 4 is 10.0 Å². The van der Waals surface area contributed by atoms with Crippen LogP contribution in [0.15, 0.2) is 53.9 Å². The maximum absolute atomic E-state index is 12.5. The third-order valence-corrected chi connectivity index (χ3v) is 5.62. The van der Waals surface area contributed by atoms with Crippen molar-refractivity contribution in [2.24, 2.45) is 5.92 Å². The van der Waals surface area contributed by atoms with Crippen LogP contribution >= 0.6 is 0 Å². The molecule has 110 valence electrons. The van der Waals surface area contributed by atoms with Crippen molar-refractivity contribution in [3.8, 4) is 0 Å². The highest BCUT2D eigenvalue weighted by molar-refractivity contribution is 7.89. The van der Waals surface area contributed by atoms with Crippen LogP contribution in [-0.4, -0.2) is 35.8 Å². The normalized spacial score (nSPS) is 19.7. The van der Waals surface area contributed by atoms with Gasteiger partial charge in [0, 0.05) is 37.9 Å². The van der Waals surface area contributed by atoms with Gasteiger partial charge in [-0.15, -0.1) is 0 Å². The molecule has 1 aliphatic heterocycles. The maximum atomic E-state index is 12.5. The fourth-order valence-corrected chi connectivity index (χ4v) is 4.18. The van der Waals surface area contributed by atoms with E-state index in [1.165, 1.54) is 6.20 Å². The first-order valence-corrected chi connectivity index (χ1v) is 8.39. The van der Waals surface area contributed by atoms with Crippen LogP contribution in [0.3, 0.4) is 0 Å². The van der Waals surface area contributed by atoms with Crippen molar-refractivity contribution in [3.05, 3.63) is 54.6 Å². The van der Waals surface area contributed by atoms with E-state index in [1.54, 1.807) is 28.8 Å². The molecule has 0 saturated carbocycles. The average Bonchev–Trinajstić information content (AvgIpc) is 2.98. The molecule has 0 radical (unpaired) electrons. The van der Waals surface area contributed by atoms with Crippen LogP contribution in [0.1, 0.15) is 12.0 Å². The number of sulfonamides is 1. The van der Waals surface area contributed by atoms with Gasteiger partial charge in [-0.25, -0.2) is 8.42 Å². The van der Waals surface area contributed by atoms with Gasteiger partial charge in [-0.05, 0) is 42.5 Å². The fourth-order valence-electron chi connectivity index (χ4n) is 2.68. The molecule has 1 fully saturated rings. The molecular formula is C15H17N3O2S. The highest BCUT2D eigenvalue weighted by atomic mass is 32.2. The van der Waals surface area contributed by atoms with Crippen LogP contribution in [0.2, 0.25) is 0 Å². The van der Waals surface area contributed by atoms with Gasteiger partial charge in [0.2, 0.25) is 10.0 Å². The number of aromatic nitrogens is 2. The molecule has 0 bridgehead atoms. The Bertz CT molecular complexity index is 689. The first-order valence-electron chi connectivity index (χ1n) is 6.95. The van der Waals surface area contributed by atoms with Gasteiger partial charge in [-0.2, -0.15) is 4.31 Å². The summed E-state index contributed by atoms with van der Waals surface area (Å²) < 4.78 is 26.6. The van der Waals surface area contributed by atoms with E-state index < -0.39 is 10.0 Å². The van der Waals surface area contributed by atoms with Crippen molar-refractivity contribution in [3.63, 3.8) is 0 Å². The molecule has 2 aromatic heterocycles. The minimum atomic E-state index is -3.41. The molecule has 0 aliphatic carbocycles. The highest BCUT2D eigenvalue weighted by Gasteiger charge is 2.32. The van der Waals surface area contributed by atoms with Crippen molar-refractivity contribution in [2.75, 3.05) is 13.1 Å². The lowest BCUT2D eigenvalue weighted by molar-refractivity contribution is 0.455. The van der Waals surface area contributed by atoms with Crippen molar-refractivity contribution in [2.45, 2.75) is 17.7 Å². The summed E-state index contributed by atoms with van der Waals surface area (Å²) in [6, 6.07) is 7.19. The minimum absolute atomic E-state index is 0.270. The number of rotatable bonds is 4. The quantitative estimate of drug-likeness (QED) is 0.863. The summed E-state index contributed by atoms with van der Waals surface area (Å²) in [7, 11) is -3.41. The molecule has 6 heteroatoms. The average molecular weight is 303 g/mol. The standard InChI is InChI=1S/C15H17N3O2S/c19-21(20,15-4-2-7-17-11-15)18-8-5-14(12-18)9-13-3-1-6-16-10-13/h1-4,6-7,10-11,14H,5,8-9,12H2. The van der Waals surface area contributed by atoms with Gasteiger partial charge >= 0.3 is 0 Å². The van der Waals surface area contributed by atoms with Gasteiger partial charge in [0.15, 0.2) is 0 Å². The van der Waals surface area contributed by atoms with E-state index in [4.69, 9.17) is 0 Å². The molecule has 1 atom stereocenters. The zero-order chi connectivity index (χ0) is 14.7. The van der Waals surface area contributed by atoms with Crippen molar-refractivity contribution in [1.82, 2.24) is 14.3 Å². The van der Waals surface area contributed by atoms with Crippen LogP contribution in [0.5, 0.6) is 0 Å². The Morgan fingerprint density at radius 1 is 1.14 bits per heavy atom. The summed E-state index contributed by atoms with van der Waals surface area (Å²) in [5.74, 6) is 0.348. The van der Waals surface area contributed by atoms with E-state index in [0.29, 0.717) is 19.0 Å². The summed E-state index contributed by atoms with van der Waals surface area (Å²) in [5.41, 5.74) is 1.16. The largest absolute Gasteiger partial charge is 0.264 e. The first kappa shape index (κ1) is 14.2. The molecule has 3 rings (SSSR count). The molecule has 2 aromatic rings. The number of nitrogens with zero attached hydrogens (tertiary/aromatic N) is 3. The minimum Gasteiger partial charge on any atom is -0.264 e. The Hall–Kier alpha value is -1.79. The van der Waals surface area contributed by atoms with E-state index in [0.717, 1.165) is 18.4 Å².